The third kappa shape index (κ3) is 9.86. The number of hydrogen-bond donors (Lipinski definition) is 0. The van der Waals surface area contributed by atoms with Crippen LogP contribution in [-0.2, 0) is 27.8 Å². The third-order valence-corrected chi connectivity index (χ3v) is 5.49. The van der Waals surface area contributed by atoms with Crippen molar-refractivity contribution in [3.63, 3.8) is 0 Å². The minimum Gasteiger partial charge on any atom is -0.419 e. The van der Waals surface area contributed by atoms with E-state index in [1.165, 1.54) is 0 Å². The molecule has 0 saturated heterocycles. The normalized spacial score (nSPS) is 13.1. The number of rotatable bonds is 12. The van der Waals surface area contributed by atoms with E-state index in [1.54, 1.807) is 28.4 Å². The van der Waals surface area contributed by atoms with Crippen LogP contribution >= 0.6 is 0 Å². The van der Waals surface area contributed by atoms with Crippen LogP contribution in [0.4, 0.5) is 0 Å². The highest BCUT2D eigenvalue weighted by molar-refractivity contribution is 6.48. The van der Waals surface area contributed by atoms with Gasteiger partial charge in [0, 0.05) is 28.4 Å². The average molecular weight is 284 g/mol. The van der Waals surface area contributed by atoms with Crippen molar-refractivity contribution in [2.24, 2.45) is 0 Å². The summed E-state index contributed by atoms with van der Waals surface area (Å²) in [5.74, 6) is 0. The van der Waals surface area contributed by atoms with Crippen LogP contribution in [0.5, 0.6) is 0 Å². The van der Waals surface area contributed by atoms with Crippen LogP contribution in [0.2, 0.25) is 5.67 Å². The molecule has 17 heavy (non-hydrogen) atoms. The Morgan fingerprint density at radius 1 is 0.706 bits per heavy atom. The summed E-state index contributed by atoms with van der Waals surface area (Å²) in [5, 5.41) is 0. The largest absolute Gasteiger partial charge is 0.419 e. The van der Waals surface area contributed by atoms with E-state index in [2.05, 4.69) is 0 Å². The fourth-order valence-corrected chi connectivity index (χ4v) is 3.91. The van der Waals surface area contributed by atoms with Crippen LogP contribution in [-0.4, -0.2) is 73.8 Å². The van der Waals surface area contributed by atoms with Crippen LogP contribution in [0.3, 0.4) is 0 Å². The van der Waals surface area contributed by atoms with Gasteiger partial charge in [0.25, 0.3) is 0 Å². The first-order valence-electron chi connectivity index (χ1n) is 5.55. The van der Waals surface area contributed by atoms with Gasteiger partial charge in [-0.05, 0) is 5.67 Å². The molecule has 0 radical (unpaired) electrons. The highest BCUT2D eigenvalue weighted by atomic mass is 28.3. The maximum Gasteiger partial charge on any atom is 0.178 e. The van der Waals surface area contributed by atoms with Gasteiger partial charge in [0.15, 0.2) is 32.1 Å². The molecule has 0 heterocycles. The molecule has 0 aliphatic carbocycles. The second kappa shape index (κ2) is 12.6. The van der Waals surface area contributed by atoms with E-state index < -0.39 is 19.5 Å². The van der Waals surface area contributed by atoms with E-state index in [0.717, 1.165) is 5.67 Å². The molecule has 0 aromatic carbocycles. The first-order valence-corrected chi connectivity index (χ1v) is 8.70. The van der Waals surface area contributed by atoms with Gasteiger partial charge in [-0.25, -0.2) is 0 Å². The molecule has 104 valence electrons. The summed E-state index contributed by atoms with van der Waals surface area (Å²) in [4.78, 5) is 0. The molecule has 0 aromatic heterocycles. The first-order chi connectivity index (χ1) is 8.28. The van der Waals surface area contributed by atoms with E-state index in [1.807, 2.05) is 0 Å². The molecule has 0 saturated carbocycles. The van der Waals surface area contributed by atoms with E-state index >= 15 is 0 Å². The van der Waals surface area contributed by atoms with Crippen LogP contribution in [0, 0.1) is 0 Å². The van der Waals surface area contributed by atoms with Crippen LogP contribution in [0.25, 0.3) is 0 Å². The van der Waals surface area contributed by atoms with E-state index in [4.69, 9.17) is 27.8 Å². The Balaban J connectivity index is 3.23. The van der Waals surface area contributed by atoms with Gasteiger partial charge in [0.1, 0.15) is 0 Å². The van der Waals surface area contributed by atoms with Gasteiger partial charge in [0.2, 0.25) is 0 Å². The topological polar surface area (TPSA) is 55.4 Å². The molecule has 0 aromatic rings. The summed E-state index contributed by atoms with van der Waals surface area (Å²) in [7, 11) is 5.39. The Morgan fingerprint density at radius 3 is 1.35 bits per heavy atom. The van der Waals surface area contributed by atoms with Crippen LogP contribution < -0.4 is 0 Å². The second-order valence-electron chi connectivity index (χ2n) is 3.31. The molecule has 6 nitrogen and oxygen atoms in total. The first kappa shape index (κ1) is 17.2. The number of methoxy groups -OCH3 is 4. The summed E-state index contributed by atoms with van der Waals surface area (Å²) >= 11 is 0. The lowest BCUT2D eigenvalue weighted by Gasteiger charge is -2.14. The predicted molar refractivity (Wildman–Crippen MR) is 69.4 cm³/mol. The standard InChI is InChI=1S/C9H24O6Si2/c1-10-8(11-2)5-14-16-7-17-15-6-9(12-3)13-4/h8-9H,5-7,16-17H2,1-4H3. The molecule has 0 fully saturated rings. The lowest BCUT2D eigenvalue weighted by atomic mass is 10.7. The minimum atomic E-state index is -0.512. The highest BCUT2D eigenvalue weighted by Crippen LogP contribution is 1.94. The van der Waals surface area contributed by atoms with Crippen molar-refractivity contribution in [2.45, 2.75) is 18.2 Å². The van der Waals surface area contributed by atoms with Crippen LogP contribution in [0.15, 0.2) is 0 Å². The molecular formula is C9H24O6Si2. The second-order valence-corrected chi connectivity index (χ2v) is 7.77. The van der Waals surface area contributed by atoms with Gasteiger partial charge in [-0.15, -0.1) is 0 Å². The molecule has 0 aliphatic rings. The minimum absolute atomic E-state index is 0.253. The van der Waals surface area contributed by atoms with Crippen molar-refractivity contribution in [3.8, 4) is 0 Å². The lowest BCUT2D eigenvalue weighted by Crippen LogP contribution is -2.23. The molecule has 0 N–H and O–H groups in total. The lowest BCUT2D eigenvalue weighted by molar-refractivity contribution is -0.122. The summed E-state index contributed by atoms with van der Waals surface area (Å²) in [5.41, 5.74) is 1.08. The van der Waals surface area contributed by atoms with Gasteiger partial charge < -0.3 is 27.8 Å². The smallest absolute Gasteiger partial charge is 0.178 e. The molecular weight excluding hydrogens is 260 g/mol. The quantitative estimate of drug-likeness (QED) is 0.255. The van der Waals surface area contributed by atoms with Crippen molar-refractivity contribution in [1.82, 2.24) is 0 Å². The van der Waals surface area contributed by atoms with Crippen molar-refractivity contribution in [3.05, 3.63) is 0 Å². The Labute approximate surface area is 108 Å². The summed E-state index contributed by atoms with van der Waals surface area (Å²) in [6, 6.07) is 0. The summed E-state index contributed by atoms with van der Waals surface area (Å²) in [6.07, 6.45) is -0.507. The molecule has 0 aliphatic heterocycles. The molecule has 0 atom stereocenters. The van der Waals surface area contributed by atoms with Crippen molar-refractivity contribution < 1.29 is 27.8 Å². The fourth-order valence-electron chi connectivity index (χ4n) is 1.09. The summed E-state index contributed by atoms with van der Waals surface area (Å²) < 4.78 is 31.1. The SMILES string of the molecule is COC(CO[SiH2]C[SiH2]OCC(OC)OC)OC. The van der Waals surface area contributed by atoms with E-state index in [9.17, 15) is 0 Å². The maximum atomic E-state index is 5.52. The van der Waals surface area contributed by atoms with Crippen molar-refractivity contribution in [2.75, 3.05) is 41.7 Å². The van der Waals surface area contributed by atoms with Crippen molar-refractivity contribution in [1.29, 1.82) is 0 Å². The van der Waals surface area contributed by atoms with Gasteiger partial charge in [-0.1, -0.05) is 0 Å². The van der Waals surface area contributed by atoms with E-state index in [-0.39, 0.29) is 12.6 Å². The molecule has 0 bridgehead atoms. The van der Waals surface area contributed by atoms with Gasteiger partial charge in [-0.3, -0.25) is 0 Å². The monoisotopic (exact) mass is 284 g/mol. The Hall–Kier alpha value is 0.194. The Morgan fingerprint density at radius 2 is 1.06 bits per heavy atom. The van der Waals surface area contributed by atoms with Crippen molar-refractivity contribution >= 4 is 19.5 Å². The molecule has 0 amide bonds. The third-order valence-electron chi connectivity index (χ3n) is 2.14. The van der Waals surface area contributed by atoms with Gasteiger partial charge >= 0.3 is 0 Å². The number of hydrogen-bond acceptors (Lipinski definition) is 6. The van der Waals surface area contributed by atoms with Crippen LogP contribution in [0.1, 0.15) is 0 Å². The number of ether oxygens (including phenoxy) is 4. The van der Waals surface area contributed by atoms with Gasteiger partial charge in [-0.2, -0.15) is 0 Å². The molecule has 0 spiro atoms. The van der Waals surface area contributed by atoms with Gasteiger partial charge in [0.05, 0.1) is 13.2 Å². The zero-order chi connectivity index (χ0) is 12.9. The molecule has 0 rings (SSSR count). The zero-order valence-electron chi connectivity index (χ0n) is 11.1. The maximum absolute atomic E-state index is 5.52. The predicted octanol–water partition coefficient (Wildman–Crippen LogP) is -1.20. The zero-order valence-corrected chi connectivity index (χ0v) is 14.0. The average Bonchev–Trinajstić information content (AvgIpc) is 2.37. The fraction of sp³-hybridized carbons (Fsp3) is 1.00. The van der Waals surface area contributed by atoms with E-state index in [0.29, 0.717) is 13.2 Å². The Bertz CT molecular complexity index is 138. The Kier molecular flexibility index (Phi) is 12.8. The molecule has 0 unspecified atom stereocenters. The summed E-state index contributed by atoms with van der Waals surface area (Å²) in [6.45, 7) is 1.01. The molecule has 8 heteroatoms. The highest BCUT2D eigenvalue weighted by Gasteiger charge is 2.06.